The Kier molecular flexibility index (Phi) is 5.29. The van der Waals surface area contributed by atoms with Gasteiger partial charge in [-0.05, 0) is 5.92 Å². The van der Waals surface area contributed by atoms with Gasteiger partial charge < -0.3 is 14.9 Å². The minimum absolute atomic E-state index is 0.168. The number of rotatable bonds is 6. The van der Waals surface area contributed by atoms with E-state index in [9.17, 15) is 9.36 Å². The Morgan fingerprint density at radius 2 is 2.00 bits per heavy atom. The average molecular weight is 225 g/mol. The van der Waals surface area contributed by atoms with Crippen LogP contribution < -0.4 is 5.32 Å². The quantitative estimate of drug-likeness (QED) is 0.481. The van der Waals surface area contributed by atoms with Gasteiger partial charge in [0.2, 0.25) is 0 Å². The summed E-state index contributed by atoms with van der Waals surface area (Å²) in [7, 11) is -4.18. The highest BCUT2D eigenvalue weighted by molar-refractivity contribution is 7.51. The number of aliphatic carboxylic acids is 1. The summed E-state index contributed by atoms with van der Waals surface area (Å²) < 4.78 is 10.5. The molecule has 0 heterocycles. The van der Waals surface area contributed by atoms with E-state index < -0.39 is 25.9 Å². The average Bonchev–Trinajstić information content (AvgIpc) is 2.01. The lowest BCUT2D eigenvalue weighted by Crippen LogP contribution is -2.42. The molecule has 7 heteroatoms. The molecule has 0 aromatic carbocycles. The SMILES string of the molecule is CC[C@H](C)[C@H](NCP(=O)(O)O)C(=O)O. The molecule has 14 heavy (non-hydrogen) atoms. The molecule has 0 amide bonds. The molecule has 0 saturated heterocycles. The zero-order valence-electron chi connectivity index (χ0n) is 8.17. The Morgan fingerprint density at radius 3 is 2.29 bits per heavy atom. The van der Waals surface area contributed by atoms with E-state index in [-0.39, 0.29) is 5.92 Å². The number of nitrogens with one attached hydrogen (secondary N) is 1. The third-order valence-electron chi connectivity index (χ3n) is 2.00. The first-order chi connectivity index (χ1) is 6.28. The van der Waals surface area contributed by atoms with Crippen molar-refractivity contribution in [1.82, 2.24) is 5.32 Å². The molecular weight excluding hydrogens is 209 g/mol. The maximum Gasteiger partial charge on any atom is 0.339 e. The first-order valence-corrected chi connectivity index (χ1v) is 6.08. The lowest BCUT2D eigenvalue weighted by molar-refractivity contribution is -0.140. The molecule has 0 spiro atoms. The smallest absolute Gasteiger partial charge is 0.339 e. The second kappa shape index (κ2) is 5.46. The van der Waals surface area contributed by atoms with Gasteiger partial charge in [-0.25, -0.2) is 0 Å². The third-order valence-corrected chi connectivity index (χ3v) is 2.59. The minimum Gasteiger partial charge on any atom is -0.480 e. The van der Waals surface area contributed by atoms with Crippen molar-refractivity contribution in [3.05, 3.63) is 0 Å². The normalized spacial score (nSPS) is 16.3. The van der Waals surface area contributed by atoms with Gasteiger partial charge >= 0.3 is 13.6 Å². The lowest BCUT2D eigenvalue weighted by Gasteiger charge is -2.20. The summed E-state index contributed by atoms with van der Waals surface area (Å²) in [5.41, 5.74) is 0. The van der Waals surface area contributed by atoms with E-state index in [4.69, 9.17) is 14.9 Å². The van der Waals surface area contributed by atoms with Crippen LogP contribution in [0.2, 0.25) is 0 Å². The van der Waals surface area contributed by atoms with E-state index in [2.05, 4.69) is 5.32 Å². The molecule has 4 N–H and O–H groups in total. The summed E-state index contributed by atoms with van der Waals surface area (Å²) in [6.45, 7) is 3.53. The van der Waals surface area contributed by atoms with Crippen LogP contribution in [0.1, 0.15) is 20.3 Å². The van der Waals surface area contributed by atoms with Crippen LogP contribution in [0.5, 0.6) is 0 Å². The topological polar surface area (TPSA) is 107 Å². The van der Waals surface area contributed by atoms with Gasteiger partial charge in [0.1, 0.15) is 6.04 Å². The molecule has 0 aromatic rings. The first-order valence-electron chi connectivity index (χ1n) is 4.28. The lowest BCUT2D eigenvalue weighted by atomic mass is 10.00. The van der Waals surface area contributed by atoms with Gasteiger partial charge in [0, 0.05) is 0 Å². The summed E-state index contributed by atoms with van der Waals surface area (Å²) in [4.78, 5) is 27.8. The molecule has 0 aliphatic carbocycles. The van der Waals surface area contributed by atoms with Crippen molar-refractivity contribution in [2.45, 2.75) is 26.3 Å². The van der Waals surface area contributed by atoms with Crippen molar-refractivity contribution in [2.24, 2.45) is 5.92 Å². The Morgan fingerprint density at radius 1 is 1.50 bits per heavy atom. The Hall–Kier alpha value is -0.420. The van der Waals surface area contributed by atoms with E-state index in [1.54, 1.807) is 6.92 Å². The standard InChI is InChI=1S/C7H16NO5P/c1-3-5(2)6(7(9)10)8-4-14(11,12)13/h5-6,8H,3-4H2,1-2H3,(H,9,10)(H2,11,12,13)/t5-,6-/m0/s1. The van der Waals surface area contributed by atoms with Crippen LogP contribution in [0, 0.1) is 5.92 Å². The van der Waals surface area contributed by atoms with E-state index in [1.807, 2.05) is 6.92 Å². The number of carboxylic acids is 1. The molecule has 0 radical (unpaired) electrons. The van der Waals surface area contributed by atoms with Crippen LogP contribution >= 0.6 is 7.60 Å². The summed E-state index contributed by atoms with van der Waals surface area (Å²) in [5, 5.41) is 11.1. The van der Waals surface area contributed by atoms with Crippen LogP contribution in [0.3, 0.4) is 0 Å². The Bertz CT molecular complexity index is 238. The second-order valence-electron chi connectivity index (χ2n) is 3.23. The van der Waals surface area contributed by atoms with E-state index in [0.29, 0.717) is 6.42 Å². The van der Waals surface area contributed by atoms with Gasteiger partial charge in [0.05, 0.1) is 6.29 Å². The van der Waals surface area contributed by atoms with Crippen LogP contribution in [0.4, 0.5) is 0 Å². The summed E-state index contributed by atoms with van der Waals surface area (Å²) in [6, 6.07) is -0.910. The number of carboxylic acid groups (broad SMARTS) is 1. The highest BCUT2D eigenvalue weighted by atomic mass is 31.2. The van der Waals surface area contributed by atoms with Crippen molar-refractivity contribution in [3.63, 3.8) is 0 Å². The summed E-state index contributed by atoms with van der Waals surface area (Å²) >= 11 is 0. The fraction of sp³-hybridized carbons (Fsp3) is 0.857. The summed E-state index contributed by atoms with van der Waals surface area (Å²) in [6.07, 6.45) is 0.0272. The minimum atomic E-state index is -4.18. The van der Waals surface area contributed by atoms with E-state index in [1.165, 1.54) is 0 Å². The zero-order chi connectivity index (χ0) is 11.4. The number of carbonyl (C=O) groups is 1. The third kappa shape index (κ3) is 5.34. The first kappa shape index (κ1) is 13.6. The molecular formula is C7H16NO5P. The molecule has 0 saturated carbocycles. The van der Waals surface area contributed by atoms with Gasteiger partial charge in [-0.2, -0.15) is 0 Å². The van der Waals surface area contributed by atoms with Crippen molar-refractivity contribution in [1.29, 1.82) is 0 Å². The largest absolute Gasteiger partial charge is 0.480 e. The zero-order valence-corrected chi connectivity index (χ0v) is 9.07. The Labute approximate surface area is 82.5 Å². The predicted molar refractivity (Wildman–Crippen MR) is 50.9 cm³/mol. The van der Waals surface area contributed by atoms with Crippen LogP contribution in [-0.2, 0) is 9.36 Å². The molecule has 0 bridgehead atoms. The van der Waals surface area contributed by atoms with Crippen LogP contribution in [0.25, 0.3) is 0 Å². The van der Waals surface area contributed by atoms with Crippen molar-refractivity contribution in [2.75, 3.05) is 6.29 Å². The monoisotopic (exact) mass is 225 g/mol. The van der Waals surface area contributed by atoms with Gasteiger partial charge in [-0.1, -0.05) is 20.3 Å². The molecule has 2 atom stereocenters. The highest BCUT2D eigenvalue weighted by Gasteiger charge is 2.25. The van der Waals surface area contributed by atoms with Crippen molar-refractivity contribution < 1.29 is 24.3 Å². The van der Waals surface area contributed by atoms with Gasteiger partial charge in [0.15, 0.2) is 0 Å². The molecule has 0 aliphatic rings. The molecule has 6 nitrogen and oxygen atoms in total. The molecule has 0 unspecified atom stereocenters. The van der Waals surface area contributed by atoms with Gasteiger partial charge in [-0.3, -0.25) is 14.7 Å². The summed E-state index contributed by atoms with van der Waals surface area (Å²) in [5.74, 6) is -1.26. The second-order valence-corrected chi connectivity index (χ2v) is 4.87. The van der Waals surface area contributed by atoms with Crippen molar-refractivity contribution >= 4 is 13.6 Å². The van der Waals surface area contributed by atoms with E-state index in [0.717, 1.165) is 0 Å². The number of hydrogen-bond acceptors (Lipinski definition) is 3. The van der Waals surface area contributed by atoms with Gasteiger partial charge in [-0.15, -0.1) is 0 Å². The Balaban J connectivity index is 4.25. The van der Waals surface area contributed by atoms with E-state index >= 15 is 0 Å². The predicted octanol–water partition coefficient (Wildman–Crippen LogP) is 0.210. The maximum absolute atomic E-state index is 10.7. The maximum atomic E-state index is 10.7. The molecule has 84 valence electrons. The molecule has 0 aromatic heterocycles. The highest BCUT2D eigenvalue weighted by Crippen LogP contribution is 2.32. The fourth-order valence-corrected chi connectivity index (χ4v) is 1.42. The fourth-order valence-electron chi connectivity index (χ4n) is 0.985. The van der Waals surface area contributed by atoms with Crippen LogP contribution in [-0.4, -0.2) is 33.2 Å². The van der Waals surface area contributed by atoms with Crippen molar-refractivity contribution in [3.8, 4) is 0 Å². The molecule has 0 rings (SSSR count). The number of hydrogen-bond donors (Lipinski definition) is 4. The molecule has 0 aliphatic heterocycles. The molecule has 0 fully saturated rings. The van der Waals surface area contributed by atoms with Gasteiger partial charge in [0.25, 0.3) is 0 Å². The van der Waals surface area contributed by atoms with Crippen LogP contribution in [0.15, 0.2) is 0 Å².